The molecule has 3 nitrogen and oxygen atoms in total. The smallest absolute Gasteiger partial charge is 0.235 e. The summed E-state index contributed by atoms with van der Waals surface area (Å²) in [6.07, 6.45) is 4.30. The number of rotatable bonds is 4. The third kappa shape index (κ3) is 3.34. The number of benzene rings is 1. The quantitative estimate of drug-likeness (QED) is 0.855. The van der Waals surface area contributed by atoms with Crippen LogP contribution in [-0.2, 0) is 17.6 Å². The van der Waals surface area contributed by atoms with Gasteiger partial charge in [0.1, 0.15) is 11.1 Å². The standard InChI is InChI=1S/C17H16N2OS2/c18-10-14-13-8-4-5-9-15(13)22-17(14)19-16(20)11-21-12-6-2-1-3-7-12/h1-3,6-7H,4-5,8-9,11H2,(H,19,20). The molecule has 1 aliphatic rings. The summed E-state index contributed by atoms with van der Waals surface area (Å²) >= 11 is 3.08. The molecule has 0 spiro atoms. The van der Waals surface area contributed by atoms with Crippen molar-refractivity contribution in [3.8, 4) is 6.07 Å². The van der Waals surface area contributed by atoms with Gasteiger partial charge in [0.15, 0.2) is 0 Å². The van der Waals surface area contributed by atoms with E-state index >= 15 is 0 Å². The summed E-state index contributed by atoms with van der Waals surface area (Å²) in [5.74, 6) is 0.307. The van der Waals surface area contributed by atoms with Crippen LogP contribution in [-0.4, -0.2) is 11.7 Å². The third-order valence-electron chi connectivity index (χ3n) is 3.65. The van der Waals surface area contributed by atoms with E-state index in [0.29, 0.717) is 11.3 Å². The van der Waals surface area contributed by atoms with Crippen LogP contribution in [0.15, 0.2) is 35.2 Å². The Labute approximate surface area is 138 Å². The molecular weight excluding hydrogens is 312 g/mol. The van der Waals surface area contributed by atoms with Gasteiger partial charge in [0.2, 0.25) is 5.91 Å². The molecule has 1 aromatic carbocycles. The maximum absolute atomic E-state index is 12.1. The van der Waals surface area contributed by atoms with Crippen LogP contribution < -0.4 is 5.32 Å². The van der Waals surface area contributed by atoms with Gasteiger partial charge in [-0.1, -0.05) is 18.2 Å². The van der Waals surface area contributed by atoms with Crippen molar-refractivity contribution >= 4 is 34.0 Å². The molecule has 1 aromatic heterocycles. The summed E-state index contributed by atoms with van der Waals surface area (Å²) in [5.41, 5.74) is 1.84. The molecule has 3 rings (SSSR count). The average molecular weight is 328 g/mol. The fourth-order valence-electron chi connectivity index (χ4n) is 2.60. The number of aryl methyl sites for hydroxylation is 1. The van der Waals surface area contributed by atoms with E-state index in [0.717, 1.165) is 34.7 Å². The molecular formula is C17H16N2OS2. The molecule has 1 aliphatic carbocycles. The Morgan fingerprint density at radius 1 is 1.27 bits per heavy atom. The lowest BCUT2D eigenvalue weighted by atomic mass is 9.96. The van der Waals surface area contributed by atoms with Gasteiger partial charge in [0, 0.05) is 9.77 Å². The number of thioether (sulfide) groups is 1. The van der Waals surface area contributed by atoms with Crippen LogP contribution in [0.1, 0.15) is 28.8 Å². The first-order valence-corrected chi connectivity index (χ1v) is 9.10. The maximum Gasteiger partial charge on any atom is 0.235 e. The molecule has 112 valence electrons. The van der Waals surface area contributed by atoms with Gasteiger partial charge >= 0.3 is 0 Å². The summed E-state index contributed by atoms with van der Waals surface area (Å²) in [6, 6.07) is 12.1. The molecule has 0 atom stereocenters. The van der Waals surface area contributed by atoms with Gasteiger partial charge in [-0.05, 0) is 43.4 Å². The topological polar surface area (TPSA) is 52.9 Å². The number of thiophene rings is 1. The second kappa shape index (κ2) is 6.99. The summed E-state index contributed by atoms with van der Waals surface area (Å²) in [6.45, 7) is 0. The third-order valence-corrected chi connectivity index (χ3v) is 5.87. The SMILES string of the molecule is N#Cc1c(NC(=O)CSc2ccccc2)sc2c1CCCC2. The Hall–Kier alpha value is -1.77. The van der Waals surface area contributed by atoms with Crippen molar-refractivity contribution in [2.45, 2.75) is 30.6 Å². The first-order valence-electron chi connectivity index (χ1n) is 7.30. The van der Waals surface area contributed by atoms with Gasteiger partial charge in [-0.2, -0.15) is 5.26 Å². The van der Waals surface area contributed by atoms with Crippen LogP contribution in [0.4, 0.5) is 5.00 Å². The van der Waals surface area contributed by atoms with Crippen LogP contribution >= 0.6 is 23.1 Å². The highest BCUT2D eigenvalue weighted by Crippen LogP contribution is 2.37. The molecule has 0 aliphatic heterocycles. The molecule has 2 aromatic rings. The highest BCUT2D eigenvalue weighted by Gasteiger charge is 2.21. The lowest BCUT2D eigenvalue weighted by molar-refractivity contribution is -0.113. The molecule has 0 unspecified atom stereocenters. The number of hydrogen-bond donors (Lipinski definition) is 1. The number of nitrogens with zero attached hydrogens (tertiary/aromatic N) is 1. The molecule has 1 N–H and O–H groups in total. The van der Waals surface area contributed by atoms with E-state index in [1.54, 1.807) is 11.3 Å². The number of anilines is 1. The van der Waals surface area contributed by atoms with E-state index in [2.05, 4.69) is 11.4 Å². The zero-order valence-corrected chi connectivity index (χ0v) is 13.7. The van der Waals surface area contributed by atoms with E-state index < -0.39 is 0 Å². The summed E-state index contributed by atoms with van der Waals surface area (Å²) in [5, 5.41) is 13.0. The zero-order chi connectivity index (χ0) is 15.4. The van der Waals surface area contributed by atoms with Crippen LogP contribution in [0.3, 0.4) is 0 Å². The minimum atomic E-state index is -0.0519. The normalized spacial score (nSPS) is 13.2. The fourth-order valence-corrected chi connectivity index (χ4v) is 4.58. The number of fused-ring (bicyclic) bond motifs is 1. The van der Waals surface area contributed by atoms with Crippen molar-refractivity contribution in [1.82, 2.24) is 0 Å². The van der Waals surface area contributed by atoms with Crippen molar-refractivity contribution in [2.75, 3.05) is 11.1 Å². The van der Waals surface area contributed by atoms with Gasteiger partial charge < -0.3 is 5.32 Å². The number of carbonyl (C=O) groups excluding carboxylic acids is 1. The molecule has 1 heterocycles. The Morgan fingerprint density at radius 3 is 2.82 bits per heavy atom. The Kier molecular flexibility index (Phi) is 4.81. The van der Waals surface area contributed by atoms with E-state index in [-0.39, 0.29) is 5.91 Å². The first-order chi connectivity index (χ1) is 10.8. The predicted molar refractivity (Wildman–Crippen MR) is 91.5 cm³/mol. The zero-order valence-electron chi connectivity index (χ0n) is 12.1. The van der Waals surface area contributed by atoms with Crippen LogP contribution in [0.25, 0.3) is 0 Å². The van der Waals surface area contributed by atoms with Crippen LogP contribution in [0.2, 0.25) is 0 Å². The van der Waals surface area contributed by atoms with Gasteiger partial charge in [-0.3, -0.25) is 4.79 Å². The molecule has 0 saturated heterocycles. The van der Waals surface area contributed by atoms with Gasteiger partial charge in [-0.25, -0.2) is 0 Å². The number of amides is 1. The number of nitrogens with one attached hydrogen (secondary N) is 1. The second-order valence-electron chi connectivity index (χ2n) is 5.18. The van der Waals surface area contributed by atoms with Crippen molar-refractivity contribution < 1.29 is 4.79 Å². The monoisotopic (exact) mass is 328 g/mol. The average Bonchev–Trinajstić information content (AvgIpc) is 2.91. The highest BCUT2D eigenvalue weighted by molar-refractivity contribution is 8.00. The number of hydrogen-bond acceptors (Lipinski definition) is 4. The van der Waals surface area contributed by atoms with Crippen LogP contribution in [0, 0.1) is 11.3 Å². The molecule has 22 heavy (non-hydrogen) atoms. The molecule has 0 saturated carbocycles. The molecule has 1 amide bonds. The Balaban J connectivity index is 1.67. The van der Waals surface area contributed by atoms with Crippen molar-refractivity contribution in [2.24, 2.45) is 0 Å². The summed E-state index contributed by atoms with van der Waals surface area (Å²) in [7, 11) is 0. The van der Waals surface area contributed by atoms with Crippen molar-refractivity contribution in [3.63, 3.8) is 0 Å². The lowest BCUT2D eigenvalue weighted by Crippen LogP contribution is -2.13. The van der Waals surface area contributed by atoms with E-state index in [1.807, 2.05) is 30.3 Å². The molecule has 0 bridgehead atoms. The molecule has 0 fully saturated rings. The minimum Gasteiger partial charge on any atom is -0.316 e. The number of nitriles is 1. The van der Waals surface area contributed by atoms with Crippen molar-refractivity contribution in [3.05, 3.63) is 46.3 Å². The minimum absolute atomic E-state index is 0.0519. The van der Waals surface area contributed by atoms with E-state index in [4.69, 9.17) is 0 Å². The predicted octanol–water partition coefficient (Wildman–Crippen LogP) is 4.23. The molecule has 5 heteroatoms. The van der Waals surface area contributed by atoms with Crippen molar-refractivity contribution in [1.29, 1.82) is 5.26 Å². The second-order valence-corrected chi connectivity index (χ2v) is 7.33. The van der Waals surface area contributed by atoms with Gasteiger partial charge in [-0.15, -0.1) is 23.1 Å². The van der Waals surface area contributed by atoms with Gasteiger partial charge in [0.05, 0.1) is 11.3 Å². The Morgan fingerprint density at radius 2 is 2.05 bits per heavy atom. The van der Waals surface area contributed by atoms with Gasteiger partial charge in [0.25, 0.3) is 0 Å². The van der Waals surface area contributed by atoms with E-state index in [9.17, 15) is 10.1 Å². The highest BCUT2D eigenvalue weighted by atomic mass is 32.2. The Bertz CT molecular complexity index is 716. The van der Waals surface area contributed by atoms with Crippen LogP contribution in [0.5, 0.6) is 0 Å². The number of carbonyl (C=O) groups is 1. The van der Waals surface area contributed by atoms with E-state index in [1.165, 1.54) is 23.1 Å². The summed E-state index contributed by atoms with van der Waals surface area (Å²) < 4.78 is 0. The fraction of sp³-hybridized carbons (Fsp3) is 0.294. The largest absolute Gasteiger partial charge is 0.316 e. The summed E-state index contributed by atoms with van der Waals surface area (Å²) in [4.78, 5) is 14.5. The molecule has 0 radical (unpaired) electrons. The lowest BCUT2D eigenvalue weighted by Gasteiger charge is -2.09. The maximum atomic E-state index is 12.1. The first kappa shape index (κ1) is 15.1.